The largest absolute Gasteiger partial charge is 0.342 e. The minimum absolute atomic E-state index is 0.0763. The first-order valence-corrected chi connectivity index (χ1v) is 12.6. The van der Waals surface area contributed by atoms with E-state index in [9.17, 15) is 18.4 Å². The zero-order chi connectivity index (χ0) is 27.5. The number of likely N-dealkylation sites (tertiary alicyclic amines) is 1. The average Bonchev–Trinajstić information content (AvgIpc) is 3.69. The molecule has 4 aromatic rings. The summed E-state index contributed by atoms with van der Waals surface area (Å²) < 4.78 is 29.5. The molecule has 39 heavy (non-hydrogen) atoms. The minimum Gasteiger partial charge on any atom is -0.342 e. The number of carbonyl (C=O) groups is 2. The zero-order valence-corrected chi connectivity index (χ0v) is 21.4. The number of aromatic amines is 2. The van der Waals surface area contributed by atoms with Gasteiger partial charge in [0, 0.05) is 18.2 Å². The van der Waals surface area contributed by atoms with Crippen molar-refractivity contribution in [2.24, 2.45) is 0 Å². The minimum atomic E-state index is -1.36. The van der Waals surface area contributed by atoms with E-state index < -0.39 is 36.0 Å². The molecule has 5 rings (SSSR count). The van der Waals surface area contributed by atoms with E-state index in [0.717, 1.165) is 11.3 Å². The van der Waals surface area contributed by atoms with E-state index >= 15 is 0 Å². The summed E-state index contributed by atoms with van der Waals surface area (Å²) in [6.07, 6.45) is 1.41. The van der Waals surface area contributed by atoms with Gasteiger partial charge in [-0.15, -0.1) is 0 Å². The number of H-pyrrole nitrogens is 2. The molecule has 0 radical (unpaired) electrons. The topological polar surface area (TPSA) is 133 Å². The lowest BCUT2D eigenvalue weighted by molar-refractivity contribution is -0.138. The number of hydrogen-bond acceptors (Lipinski definition) is 6. The van der Waals surface area contributed by atoms with Gasteiger partial charge in [-0.05, 0) is 35.2 Å². The normalized spacial score (nSPS) is 17.9. The lowest BCUT2D eigenvalue weighted by Gasteiger charge is -2.27. The number of nitrogens with zero attached hydrogens (tertiary/aromatic N) is 5. The van der Waals surface area contributed by atoms with Crippen LogP contribution < -0.4 is 5.32 Å². The molecule has 0 unspecified atom stereocenters. The van der Waals surface area contributed by atoms with Crippen molar-refractivity contribution in [1.29, 1.82) is 0 Å². The second kappa shape index (κ2) is 11.1. The second-order valence-corrected chi connectivity index (χ2v) is 9.84. The Morgan fingerprint density at radius 3 is 2.72 bits per heavy atom. The number of nitrogens with one attached hydrogen (secondary N) is 3. The van der Waals surface area contributed by atoms with Gasteiger partial charge in [0.25, 0.3) is 0 Å². The fourth-order valence-electron chi connectivity index (χ4n) is 4.80. The molecule has 3 N–H and O–H groups in total. The highest BCUT2D eigenvalue weighted by atomic mass is 19.1. The van der Waals surface area contributed by atoms with Gasteiger partial charge < -0.3 is 10.2 Å². The molecule has 4 heterocycles. The van der Waals surface area contributed by atoms with E-state index in [1.807, 2.05) is 32.0 Å². The molecule has 1 fully saturated rings. The van der Waals surface area contributed by atoms with Crippen LogP contribution in [0, 0.1) is 5.95 Å². The van der Waals surface area contributed by atoms with E-state index in [0.29, 0.717) is 16.8 Å². The molecule has 1 aliphatic heterocycles. The summed E-state index contributed by atoms with van der Waals surface area (Å²) in [6.45, 7) is 3.53. The van der Waals surface area contributed by atoms with Gasteiger partial charge in [0.05, 0.1) is 42.3 Å². The highest BCUT2D eigenvalue weighted by Crippen LogP contribution is 2.29. The van der Waals surface area contributed by atoms with Crippen molar-refractivity contribution in [3.8, 4) is 11.3 Å². The fourth-order valence-corrected chi connectivity index (χ4v) is 4.80. The average molecular weight is 535 g/mol. The van der Waals surface area contributed by atoms with Gasteiger partial charge in [-0.3, -0.25) is 14.7 Å². The first kappa shape index (κ1) is 26.1. The van der Waals surface area contributed by atoms with Gasteiger partial charge in [0.2, 0.25) is 17.8 Å². The highest BCUT2D eigenvalue weighted by Gasteiger charge is 2.40. The molecule has 10 nitrogen and oxygen atoms in total. The van der Waals surface area contributed by atoms with Crippen LogP contribution in [0.5, 0.6) is 0 Å². The lowest BCUT2D eigenvalue weighted by Crippen LogP contribution is -2.47. The fraction of sp³-hybridized carbons (Fsp3) is 0.333. The van der Waals surface area contributed by atoms with Gasteiger partial charge in [0.15, 0.2) is 0 Å². The SMILES string of the molecule is CC(C)c1ccc([C@H](NC(=O)[C@@H]2C[C@@H](F)CN2C(=O)Cc2cn[nH]n2)c2cccc(-c3ccn[nH]3)c2)nc1F. The quantitative estimate of drug-likeness (QED) is 0.297. The molecule has 2 amide bonds. The number of amides is 2. The number of pyridine rings is 1. The summed E-state index contributed by atoms with van der Waals surface area (Å²) in [5.41, 5.74) is 3.32. The number of aromatic nitrogens is 6. The van der Waals surface area contributed by atoms with Crippen LogP contribution >= 0.6 is 0 Å². The van der Waals surface area contributed by atoms with Crippen LogP contribution in [-0.4, -0.2) is 66.1 Å². The Morgan fingerprint density at radius 2 is 2.03 bits per heavy atom. The van der Waals surface area contributed by atoms with Crippen LogP contribution in [-0.2, 0) is 16.0 Å². The van der Waals surface area contributed by atoms with Gasteiger partial charge in [0.1, 0.15) is 12.2 Å². The third-order valence-corrected chi connectivity index (χ3v) is 6.81. The third-order valence-electron chi connectivity index (χ3n) is 6.81. The van der Waals surface area contributed by atoms with Crippen LogP contribution in [0.3, 0.4) is 0 Å². The van der Waals surface area contributed by atoms with Gasteiger partial charge >= 0.3 is 0 Å². The number of benzene rings is 1. The maximum absolute atomic E-state index is 15.0. The maximum Gasteiger partial charge on any atom is 0.243 e. The summed E-state index contributed by atoms with van der Waals surface area (Å²) in [5, 5.41) is 19.8. The first-order valence-electron chi connectivity index (χ1n) is 12.6. The lowest BCUT2D eigenvalue weighted by atomic mass is 9.97. The molecule has 1 aromatic carbocycles. The molecular weight excluding hydrogens is 506 g/mol. The smallest absolute Gasteiger partial charge is 0.243 e. The Balaban J connectivity index is 1.46. The van der Waals surface area contributed by atoms with Crippen LogP contribution in [0.4, 0.5) is 8.78 Å². The molecule has 0 spiro atoms. The third kappa shape index (κ3) is 5.69. The number of carbonyl (C=O) groups excluding carboxylic acids is 2. The molecule has 3 aromatic heterocycles. The first-order chi connectivity index (χ1) is 18.8. The van der Waals surface area contributed by atoms with Gasteiger partial charge in [-0.2, -0.15) is 24.9 Å². The molecular formula is C27H28F2N8O2. The second-order valence-electron chi connectivity index (χ2n) is 9.84. The monoisotopic (exact) mass is 534 g/mol. The number of halogens is 2. The summed E-state index contributed by atoms with van der Waals surface area (Å²) >= 11 is 0. The standard InChI is InChI=1S/C27H28F2N8O2/c1-15(2)20-6-7-22(32-26(20)29)25(17-5-3-4-16(10-17)21-8-9-30-35-21)33-27(39)23-11-18(28)14-37(23)24(38)12-19-13-31-36-34-19/h3-10,13,15,18,23,25H,11-12,14H2,1-2H3,(H,30,35)(H,33,39)(H,31,34,36)/t18-,23+,25-/m1/s1. The van der Waals surface area contributed by atoms with E-state index in [-0.39, 0.29) is 31.0 Å². The van der Waals surface area contributed by atoms with E-state index in [1.165, 1.54) is 11.1 Å². The van der Waals surface area contributed by atoms with Crippen molar-refractivity contribution in [3.05, 3.63) is 83.3 Å². The summed E-state index contributed by atoms with van der Waals surface area (Å²) in [5.74, 6) is -1.70. The van der Waals surface area contributed by atoms with Crippen molar-refractivity contribution in [1.82, 2.24) is 40.8 Å². The van der Waals surface area contributed by atoms with Crippen LogP contribution in [0.1, 0.15) is 54.7 Å². The highest BCUT2D eigenvalue weighted by molar-refractivity contribution is 5.89. The van der Waals surface area contributed by atoms with Crippen molar-refractivity contribution < 1.29 is 18.4 Å². The van der Waals surface area contributed by atoms with Crippen LogP contribution in [0.15, 0.2) is 54.9 Å². The van der Waals surface area contributed by atoms with Gasteiger partial charge in [-0.25, -0.2) is 9.37 Å². The Labute approximate surface area is 223 Å². The molecule has 202 valence electrons. The van der Waals surface area contributed by atoms with Crippen molar-refractivity contribution >= 4 is 11.8 Å². The van der Waals surface area contributed by atoms with Crippen molar-refractivity contribution in [3.63, 3.8) is 0 Å². The molecule has 0 bridgehead atoms. The molecule has 1 saturated heterocycles. The van der Waals surface area contributed by atoms with Crippen LogP contribution in [0.25, 0.3) is 11.3 Å². The van der Waals surface area contributed by atoms with E-state index in [4.69, 9.17) is 0 Å². The number of rotatable bonds is 8. The van der Waals surface area contributed by atoms with Crippen molar-refractivity contribution in [2.75, 3.05) is 6.54 Å². The van der Waals surface area contributed by atoms with Gasteiger partial charge in [-0.1, -0.05) is 38.1 Å². The molecule has 0 aliphatic carbocycles. The van der Waals surface area contributed by atoms with E-state index in [1.54, 1.807) is 30.5 Å². The van der Waals surface area contributed by atoms with Crippen molar-refractivity contribution in [2.45, 2.75) is 50.9 Å². The summed E-state index contributed by atoms with van der Waals surface area (Å²) in [6, 6.07) is 10.5. The maximum atomic E-state index is 15.0. The Kier molecular flexibility index (Phi) is 7.44. The van der Waals surface area contributed by atoms with Crippen LogP contribution in [0.2, 0.25) is 0 Å². The molecule has 1 aliphatic rings. The molecule has 12 heteroatoms. The predicted molar refractivity (Wildman–Crippen MR) is 137 cm³/mol. The Bertz CT molecular complexity index is 1440. The number of hydrogen-bond donors (Lipinski definition) is 3. The zero-order valence-electron chi connectivity index (χ0n) is 21.4. The molecule has 0 saturated carbocycles. The Morgan fingerprint density at radius 1 is 1.18 bits per heavy atom. The Hall–Kier alpha value is -4.48. The molecule has 3 atom stereocenters. The summed E-state index contributed by atoms with van der Waals surface area (Å²) in [4.78, 5) is 32.0. The van der Waals surface area contributed by atoms with E-state index in [2.05, 4.69) is 35.9 Å². The number of alkyl halides is 1. The summed E-state index contributed by atoms with van der Waals surface area (Å²) in [7, 11) is 0. The predicted octanol–water partition coefficient (Wildman–Crippen LogP) is 3.24.